The zero-order valence-corrected chi connectivity index (χ0v) is 9.20. The van der Waals surface area contributed by atoms with Crippen molar-refractivity contribution in [3.05, 3.63) is 35.9 Å². The molecule has 0 aliphatic heterocycles. The molecule has 0 heterocycles. The molecule has 0 bridgehead atoms. The number of ketones is 1. The third-order valence-electron chi connectivity index (χ3n) is 2.06. The maximum Gasteiger partial charge on any atom is 0.338 e. The first-order valence-corrected chi connectivity index (χ1v) is 5.16. The van der Waals surface area contributed by atoms with Gasteiger partial charge in [0.1, 0.15) is 13.2 Å². The molecule has 0 saturated carbocycles. The molecule has 1 atom stereocenters. The van der Waals surface area contributed by atoms with E-state index in [1.807, 2.05) is 0 Å². The number of carbonyl (C=O) groups is 2. The number of carbonyl (C=O) groups excluding carboxylic acids is 2. The summed E-state index contributed by atoms with van der Waals surface area (Å²) < 4.78 is 4.81. The van der Waals surface area contributed by atoms with Crippen LogP contribution in [0.2, 0.25) is 0 Å². The molecular weight excluding hydrogens is 224 g/mol. The summed E-state index contributed by atoms with van der Waals surface area (Å²) in [6, 6.07) is 8.34. The lowest BCUT2D eigenvalue weighted by Gasteiger charge is -2.09. The van der Waals surface area contributed by atoms with Gasteiger partial charge in [-0.3, -0.25) is 4.79 Å². The van der Waals surface area contributed by atoms with Crippen LogP contribution >= 0.6 is 0 Å². The van der Waals surface area contributed by atoms with Gasteiger partial charge in [0, 0.05) is 6.42 Å². The van der Waals surface area contributed by atoms with Gasteiger partial charge in [0.15, 0.2) is 5.78 Å². The Morgan fingerprint density at radius 3 is 2.47 bits per heavy atom. The number of benzene rings is 1. The second-order valence-corrected chi connectivity index (χ2v) is 3.52. The lowest BCUT2D eigenvalue weighted by Crippen LogP contribution is -2.23. The van der Waals surface area contributed by atoms with Gasteiger partial charge in [-0.2, -0.15) is 0 Å². The number of Topliss-reactive ketones (excluding diaryl/α,β-unsaturated/α-hetero) is 1. The summed E-state index contributed by atoms with van der Waals surface area (Å²) in [5.74, 6) is -1.05. The smallest absolute Gasteiger partial charge is 0.338 e. The van der Waals surface area contributed by atoms with E-state index < -0.39 is 24.5 Å². The number of aliphatic hydroxyl groups excluding tert-OH is 2. The maximum atomic E-state index is 11.4. The molecule has 0 radical (unpaired) electrons. The lowest BCUT2D eigenvalue weighted by atomic mass is 10.2. The number of esters is 1. The van der Waals surface area contributed by atoms with Crippen LogP contribution in [-0.4, -0.2) is 41.3 Å². The molecule has 0 aromatic heterocycles. The van der Waals surface area contributed by atoms with Crippen molar-refractivity contribution in [1.82, 2.24) is 0 Å². The minimum Gasteiger partial charge on any atom is -0.459 e. The molecule has 5 nitrogen and oxygen atoms in total. The fourth-order valence-corrected chi connectivity index (χ4v) is 1.22. The van der Waals surface area contributed by atoms with Crippen molar-refractivity contribution in [3.63, 3.8) is 0 Å². The number of ether oxygens (including phenoxy) is 1. The van der Waals surface area contributed by atoms with E-state index in [-0.39, 0.29) is 13.0 Å². The normalized spacial score (nSPS) is 11.9. The van der Waals surface area contributed by atoms with Gasteiger partial charge < -0.3 is 14.9 Å². The van der Waals surface area contributed by atoms with Crippen molar-refractivity contribution in [2.24, 2.45) is 0 Å². The van der Waals surface area contributed by atoms with Crippen LogP contribution < -0.4 is 0 Å². The lowest BCUT2D eigenvalue weighted by molar-refractivity contribution is -0.124. The Hall–Kier alpha value is -1.72. The molecule has 17 heavy (non-hydrogen) atoms. The van der Waals surface area contributed by atoms with Crippen LogP contribution in [0.4, 0.5) is 0 Å². The monoisotopic (exact) mass is 238 g/mol. The van der Waals surface area contributed by atoms with Gasteiger partial charge in [0.05, 0.1) is 11.7 Å². The van der Waals surface area contributed by atoms with Crippen LogP contribution in [0.1, 0.15) is 16.8 Å². The maximum absolute atomic E-state index is 11.4. The van der Waals surface area contributed by atoms with Crippen LogP contribution in [-0.2, 0) is 9.53 Å². The standard InChI is InChI=1S/C12H14O5/c13-7-10(14)6-11(15)8-17-12(16)9-4-2-1-3-5-9/h1-5,11,13,15H,6-8H2/t11-/m0/s1. The predicted octanol–water partition coefficient (Wildman–Crippen LogP) is 0.156. The first kappa shape index (κ1) is 13.3. The fourth-order valence-electron chi connectivity index (χ4n) is 1.22. The van der Waals surface area contributed by atoms with E-state index in [0.717, 1.165) is 0 Å². The molecule has 5 heteroatoms. The van der Waals surface area contributed by atoms with Gasteiger partial charge in [-0.25, -0.2) is 4.79 Å². The number of hydrogen-bond acceptors (Lipinski definition) is 5. The highest BCUT2D eigenvalue weighted by Gasteiger charge is 2.13. The second kappa shape index (κ2) is 6.78. The minimum absolute atomic E-state index is 0.224. The number of rotatable bonds is 6. The molecule has 1 aromatic rings. The van der Waals surface area contributed by atoms with Crippen LogP contribution in [0.3, 0.4) is 0 Å². The van der Waals surface area contributed by atoms with Crippen LogP contribution in [0.25, 0.3) is 0 Å². The summed E-state index contributed by atoms with van der Waals surface area (Å²) in [4.78, 5) is 22.2. The van der Waals surface area contributed by atoms with Crippen LogP contribution in [0.15, 0.2) is 30.3 Å². The minimum atomic E-state index is -1.08. The topological polar surface area (TPSA) is 83.8 Å². The third-order valence-corrected chi connectivity index (χ3v) is 2.06. The second-order valence-electron chi connectivity index (χ2n) is 3.52. The molecule has 1 aromatic carbocycles. The molecule has 92 valence electrons. The number of hydrogen-bond donors (Lipinski definition) is 2. The highest BCUT2D eigenvalue weighted by atomic mass is 16.5. The van der Waals surface area contributed by atoms with Gasteiger partial charge in [-0.05, 0) is 12.1 Å². The van der Waals surface area contributed by atoms with Gasteiger partial charge in [-0.1, -0.05) is 18.2 Å². The quantitative estimate of drug-likeness (QED) is 0.689. The summed E-state index contributed by atoms with van der Waals surface area (Å²) >= 11 is 0. The van der Waals surface area contributed by atoms with Crippen molar-refractivity contribution in [3.8, 4) is 0 Å². The SMILES string of the molecule is O=C(CO)C[C@H](O)COC(=O)c1ccccc1. The molecule has 0 saturated heterocycles. The van der Waals surface area contributed by atoms with Gasteiger partial charge in [0.25, 0.3) is 0 Å². The molecule has 0 fully saturated rings. The molecule has 2 N–H and O–H groups in total. The molecule has 0 spiro atoms. The zero-order valence-electron chi connectivity index (χ0n) is 9.20. The molecular formula is C12H14O5. The van der Waals surface area contributed by atoms with Crippen molar-refractivity contribution in [2.45, 2.75) is 12.5 Å². The Labute approximate surface area is 98.6 Å². The number of aliphatic hydroxyl groups is 2. The van der Waals surface area contributed by atoms with Crippen molar-refractivity contribution in [2.75, 3.05) is 13.2 Å². The fraction of sp³-hybridized carbons (Fsp3) is 0.333. The summed E-state index contributed by atoms with van der Waals surface area (Å²) in [6.45, 7) is -0.886. The van der Waals surface area contributed by atoms with E-state index in [9.17, 15) is 14.7 Å². The van der Waals surface area contributed by atoms with Crippen molar-refractivity contribution < 1.29 is 24.5 Å². The molecule has 0 amide bonds. The van der Waals surface area contributed by atoms with Gasteiger partial charge in [-0.15, -0.1) is 0 Å². The first-order chi connectivity index (χ1) is 8.13. The average Bonchev–Trinajstić information content (AvgIpc) is 2.36. The van der Waals surface area contributed by atoms with Gasteiger partial charge >= 0.3 is 5.97 Å². The van der Waals surface area contributed by atoms with E-state index in [0.29, 0.717) is 5.56 Å². The van der Waals surface area contributed by atoms with E-state index >= 15 is 0 Å². The Balaban J connectivity index is 2.36. The Bertz CT molecular complexity index is 374. The van der Waals surface area contributed by atoms with E-state index in [1.165, 1.54) is 0 Å². The predicted molar refractivity (Wildman–Crippen MR) is 59.4 cm³/mol. The zero-order chi connectivity index (χ0) is 12.7. The molecule has 0 aliphatic carbocycles. The van der Waals surface area contributed by atoms with Crippen molar-refractivity contribution >= 4 is 11.8 Å². The third kappa shape index (κ3) is 4.76. The summed E-state index contributed by atoms with van der Waals surface area (Å²) in [5, 5.41) is 17.8. The van der Waals surface area contributed by atoms with E-state index in [4.69, 9.17) is 9.84 Å². The summed E-state index contributed by atoms with van der Waals surface area (Å²) in [5.41, 5.74) is 0.383. The summed E-state index contributed by atoms with van der Waals surface area (Å²) in [7, 11) is 0. The molecule has 0 unspecified atom stereocenters. The largest absolute Gasteiger partial charge is 0.459 e. The van der Waals surface area contributed by atoms with E-state index in [2.05, 4.69) is 0 Å². The highest BCUT2D eigenvalue weighted by molar-refractivity contribution is 5.89. The average molecular weight is 238 g/mol. The first-order valence-electron chi connectivity index (χ1n) is 5.16. The van der Waals surface area contributed by atoms with Crippen molar-refractivity contribution in [1.29, 1.82) is 0 Å². The molecule has 0 aliphatic rings. The van der Waals surface area contributed by atoms with Gasteiger partial charge in [0.2, 0.25) is 0 Å². The van der Waals surface area contributed by atoms with Crippen LogP contribution in [0.5, 0.6) is 0 Å². The Morgan fingerprint density at radius 1 is 1.24 bits per heavy atom. The van der Waals surface area contributed by atoms with Crippen LogP contribution in [0, 0.1) is 0 Å². The van der Waals surface area contributed by atoms with E-state index in [1.54, 1.807) is 30.3 Å². The Kier molecular flexibility index (Phi) is 5.32. The Morgan fingerprint density at radius 2 is 1.88 bits per heavy atom. The molecule has 1 rings (SSSR count). The summed E-state index contributed by atoms with van der Waals surface area (Å²) in [6.07, 6.45) is -1.30. The highest BCUT2D eigenvalue weighted by Crippen LogP contribution is 2.02.